The number of sulfonamides is 1. The quantitative estimate of drug-likeness (QED) is 0.877. The van der Waals surface area contributed by atoms with Crippen molar-refractivity contribution in [2.45, 2.75) is 18.7 Å². The molecule has 0 radical (unpaired) electrons. The molecule has 2 aromatic rings. The standard InChI is InChI=1S/C14H14Cl2N2O3S/c1-3-21-14-12(5-4-6-17-14)18-22(19,20)13-7-9(2)10(15)8-11(13)16/h4-8,18H,3H2,1-2H3. The molecule has 0 atom stereocenters. The highest BCUT2D eigenvalue weighted by atomic mass is 35.5. The molecule has 0 amide bonds. The first-order chi connectivity index (χ1) is 10.3. The van der Waals surface area contributed by atoms with Crippen LogP contribution < -0.4 is 9.46 Å². The van der Waals surface area contributed by atoms with E-state index in [1.54, 1.807) is 26.0 Å². The van der Waals surface area contributed by atoms with Gasteiger partial charge in [-0.1, -0.05) is 23.2 Å². The Bertz CT molecular complexity index is 795. The minimum absolute atomic E-state index is 0.0463. The van der Waals surface area contributed by atoms with E-state index >= 15 is 0 Å². The minimum atomic E-state index is -3.88. The number of benzene rings is 1. The summed E-state index contributed by atoms with van der Waals surface area (Å²) in [6.07, 6.45) is 1.52. The van der Waals surface area contributed by atoms with E-state index in [0.29, 0.717) is 17.2 Å². The number of nitrogens with zero attached hydrogens (tertiary/aromatic N) is 1. The normalized spacial score (nSPS) is 11.3. The number of anilines is 1. The summed E-state index contributed by atoms with van der Waals surface area (Å²) in [5.41, 5.74) is 0.857. The topological polar surface area (TPSA) is 68.3 Å². The summed E-state index contributed by atoms with van der Waals surface area (Å²) in [6.45, 7) is 3.85. The summed E-state index contributed by atoms with van der Waals surface area (Å²) >= 11 is 11.9. The average molecular weight is 361 g/mol. The van der Waals surface area contributed by atoms with E-state index in [1.807, 2.05) is 0 Å². The van der Waals surface area contributed by atoms with Crippen molar-refractivity contribution < 1.29 is 13.2 Å². The van der Waals surface area contributed by atoms with Crippen LogP contribution in [-0.4, -0.2) is 20.0 Å². The molecule has 0 fully saturated rings. The molecule has 1 aromatic carbocycles. The van der Waals surface area contributed by atoms with Gasteiger partial charge < -0.3 is 4.74 Å². The van der Waals surface area contributed by atoms with Crippen LogP contribution in [0.5, 0.6) is 5.88 Å². The zero-order valence-electron chi connectivity index (χ0n) is 11.9. The lowest BCUT2D eigenvalue weighted by Crippen LogP contribution is -2.15. The predicted octanol–water partition coefficient (Wildman–Crippen LogP) is 3.90. The van der Waals surface area contributed by atoms with Crippen LogP contribution in [0.1, 0.15) is 12.5 Å². The molecule has 1 heterocycles. The number of aryl methyl sites for hydroxylation is 1. The van der Waals surface area contributed by atoms with E-state index in [1.165, 1.54) is 18.3 Å². The van der Waals surface area contributed by atoms with Gasteiger partial charge in [-0.2, -0.15) is 0 Å². The van der Waals surface area contributed by atoms with Gasteiger partial charge in [0.05, 0.1) is 11.6 Å². The molecular formula is C14H14Cl2N2O3S. The van der Waals surface area contributed by atoms with Gasteiger partial charge in [-0.05, 0) is 43.7 Å². The van der Waals surface area contributed by atoms with Crippen LogP contribution in [0.15, 0.2) is 35.4 Å². The molecule has 8 heteroatoms. The SMILES string of the molecule is CCOc1ncccc1NS(=O)(=O)c1cc(C)c(Cl)cc1Cl. The Balaban J connectivity index is 2.43. The molecule has 5 nitrogen and oxygen atoms in total. The minimum Gasteiger partial charge on any atom is -0.476 e. The number of rotatable bonds is 5. The number of nitrogens with one attached hydrogen (secondary N) is 1. The number of hydrogen-bond donors (Lipinski definition) is 1. The molecule has 0 bridgehead atoms. The van der Waals surface area contributed by atoms with Crippen molar-refractivity contribution in [3.8, 4) is 5.88 Å². The van der Waals surface area contributed by atoms with Gasteiger partial charge in [0.25, 0.3) is 10.0 Å². The number of aromatic nitrogens is 1. The summed E-state index contributed by atoms with van der Waals surface area (Å²) in [4.78, 5) is 3.94. The maximum absolute atomic E-state index is 12.5. The van der Waals surface area contributed by atoms with Crippen LogP contribution in [0.4, 0.5) is 5.69 Å². The Labute approximate surface area is 139 Å². The van der Waals surface area contributed by atoms with E-state index < -0.39 is 10.0 Å². The fraction of sp³-hybridized carbons (Fsp3) is 0.214. The van der Waals surface area contributed by atoms with Crippen LogP contribution in [0.25, 0.3) is 0 Å². The molecule has 0 aliphatic rings. The number of hydrogen-bond acceptors (Lipinski definition) is 4. The van der Waals surface area contributed by atoms with Crippen LogP contribution in [0.3, 0.4) is 0 Å². The lowest BCUT2D eigenvalue weighted by atomic mass is 10.2. The van der Waals surface area contributed by atoms with Crippen molar-refractivity contribution in [3.63, 3.8) is 0 Å². The Hall–Kier alpha value is -1.50. The molecule has 1 aromatic heterocycles. The summed E-state index contributed by atoms with van der Waals surface area (Å²) in [5, 5.41) is 0.449. The van der Waals surface area contributed by atoms with Crippen molar-refractivity contribution in [1.29, 1.82) is 0 Å². The fourth-order valence-electron chi connectivity index (χ4n) is 1.76. The van der Waals surface area contributed by atoms with Crippen molar-refractivity contribution in [2.24, 2.45) is 0 Å². The summed E-state index contributed by atoms with van der Waals surface area (Å²) in [5.74, 6) is 0.204. The molecule has 0 unspecified atom stereocenters. The molecule has 0 saturated carbocycles. The van der Waals surface area contributed by atoms with E-state index in [0.717, 1.165) is 0 Å². The second-order valence-electron chi connectivity index (χ2n) is 4.43. The third-order valence-corrected chi connectivity index (χ3v) is 5.04. The first-order valence-electron chi connectivity index (χ1n) is 6.41. The second kappa shape index (κ2) is 6.73. The Morgan fingerprint density at radius 3 is 2.68 bits per heavy atom. The van der Waals surface area contributed by atoms with Gasteiger partial charge >= 0.3 is 0 Å². The van der Waals surface area contributed by atoms with Gasteiger partial charge in [0, 0.05) is 11.2 Å². The summed E-state index contributed by atoms with van der Waals surface area (Å²) < 4.78 is 32.8. The van der Waals surface area contributed by atoms with Gasteiger partial charge in [0.1, 0.15) is 10.6 Å². The maximum Gasteiger partial charge on any atom is 0.263 e. The third kappa shape index (κ3) is 3.63. The van der Waals surface area contributed by atoms with Crippen LogP contribution in [0, 0.1) is 6.92 Å². The zero-order chi connectivity index (χ0) is 16.3. The molecule has 0 spiro atoms. The average Bonchev–Trinajstić information content (AvgIpc) is 2.45. The highest BCUT2D eigenvalue weighted by molar-refractivity contribution is 7.92. The van der Waals surface area contributed by atoms with Crippen LogP contribution in [0.2, 0.25) is 10.0 Å². The van der Waals surface area contributed by atoms with Gasteiger partial charge in [-0.25, -0.2) is 13.4 Å². The molecule has 0 aliphatic carbocycles. The maximum atomic E-state index is 12.5. The van der Waals surface area contributed by atoms with Gasteiger partial charge in [-0.15, -0.1) is 0 Å². The number of pyridine rings is 1. The molecule has 118 valence electrons. The van der Waals surface area contributed by atoms with Gasteiger partial charge in [-0.3, -0.25) is 4.72 Å². The molecule has 0 aliphatic heterocycles. The highest BCUT2D eigenvalue weighted by Gasteiger charge is 2.21. The zero-order valence-corrected chi connectivity index (χ0v) is 14.3. The van der Waals surface area contributed by atoms with Gasteiger partial charge in [0.15, 0.2) is 0 Å². The first-order valence-corrected chi connectivity index (χ1v) is 8.65. The molecule has 1 N–H and O–H groups in total. The number of ether oxygens (including phenoxy) is 1. The van der Waals surface area contributed by atoms with Crippen molar-refractivity contribution in [2.75, 3.05) is 11.3 Å². The predicted molar refractivity (Wildman–Crippen MR) is 87.4 cm³/mol. The molecule has 22 heavy (non-hydrogen) atoms. The Morgan fingerprint density at radius 2 is 2.00 bits per heavy atom. The smallest absolute Gasteiger partial charge is 0.263 e. The van der Waals surface area contributed by atoms with E-state index in [9.17, 15) is 8.42 Å². The molecule has 0 saturated heterocycles. The van der Waals surface area contributed by atoms with Crippen LogP contribution in [-0.2, 0) is 10.0 Å². The van der Waals surface area contributed by atoms with Crippen molar-refractivity contribution >= 4 is 38.9 Å². The Morgan fingerprint density at radius 1 is 1.27 bits per heavy atom. The molecule has 2 rings (SSSR count). The third-order valence-electron chi connectivity index (χ3n) is 2.80. The number of halogens is 2. The summed E-state index contributed by atoms with van der Waals surface area (Å²) in [6, 6.07) is 5.99. The van der Waals surface area contributed by atoms with Crippen LogP contribution >= 0.6 is 23.2 Å². The van der Waals surface area contributed by atoms with Gasteiger partial charge in [0.2, 0.25) is 5.88 Å². The highest BCUT2D eigenvalue weighted by Crippen LogP contribution is 2.31. The van der Waals surface area contributed by atoms with E-state index in [4.69, 9.17) is 27.9 Å². The lowest BCUT2D eigenvalue weighted by molar-refractivity contribution is 0.329. The second-order valence-corrected chi connectivity index (χ2v) is 6.89. The van der Waals surface area contributed by atoms with E-state index in [-0.39, 0.29) is 21.5 Å². The summed E-state index contributed by atoms with van der Waals surface area (Å²) in [7, 11) is -3.88. The van der Waals surface area contributed by atoms with E-state index in [2.05, 4.69) is 9.71 Å². The van der Waals surface area contributed by atoms with Crippen molar-refractivity contribution in [1.82, 2.24) is 4.98 Å². The van der Waals surface area contributed by atoms with Crippen molar-refractivity contribution in [3.05, 3.63) is 46.1 Å². The first kappa shape index (κ1) is 16.9. The lowest BCUT2D eigenvalue weighted by Gasteiger charge is -2.13. The monoisotopic (exact) mass is 360 g/mol. The largest absolute Gasteiger partial charge is 0.476 e. The molecular weight excluding hydrogens is 347 g/mol. The fourth-order valence-corrected chi connectivity index (χ4v) is 3.65. The Kier molecular flexibility index (Phi) is 5.16.